The molecule has 0 fully saturated rings. The van der Waals surface area contributed by atoms with Gasteiger partial charge in [-0.25, -0.2) is 9.18 Å². The van der Waals surface area contributed by atoms with Gasteiger partial charge in [0.1, 0.15) is 12.4 Å². The molecule has 3 rings (SSSR count). The highest BCUT2D eigenvalue weighted by Crippen LogP contribution is 2.25. The van der Waals surface area contributed by atoms with E-state index in [0.717, 1.165) is 21.6 Å². The van der Waals surface area contributed by atoms with Crippen molar-refractivity contribution in [1.82, 2.24) is 0 Å². The Labute approximate surface area is 150 Å². The van der Waals surface area contributed by atoms with Crippen molar-refractivity contribution in [3.05, 3.63) is 93.4 Å². The van der Waals surface area contributed by atoms with Crippen molar-refractivity contribution in [2.24, 2.45) is 0 Å². The number of halogens is 1. The molecule has 0 N–H and O–H groups in total. The molecule has 0 saturated heterocycles. The van der Waals surface area contributed by atoms with Crippen LogP contribution in [0.1, 0.15) is 21.6 Å². The second-order valence-electron chi connectivity index (χ2n) is 5.59. The van der Waals surface area contributed by atoms with Crippen molar-refractivity contribution in [3.8, 4) is 0 Å². The van der Waals surface area contributed by atoms with Gasteiger partial charge in [0.2, 0.25) is 0 Å². The number of thiophene rings is 1. The van der Waals surface area contributed by atoms with E-state index in [-0.39, 0.29) is 12.4 Å². The summed E-state index contributed by atoms with van der Waals surface area (Å²) in [5.41, 5.74) is 3.27. The predicted octanol–water partition coefficient (Wildman–Crippen LogP) is 5.48. The Morgan fingerprint density at radius 3 is 2.52 bits per heavy atom. The topological polar surface area (TPSA) is 26.3 Å². The number of aryl methyl sites for hydroxylation is 1. The van der Waals surface area contributed by atoms with Crippen LogP contribution >= 0.6 is 11.3 Å². The van der Waals surface area contributed by atoms with E-state index < -0.39 is 5.97 Å². The van der Waals surface area contributed by atoms with Gasteiger partial charge in [0.05, 0.1) is 5.57 Å². The fourth-order valence-electron chi connectivity index (χ4n) is 2.38. The number of hydrogen-bond donors (Lipinski definition) is 0. The minimum absolute atomic E-state index is 0.220. The third-order valence-electron chi connectivity index (χ3n) is 3.81. The summed E-state index contributed by atoms with van der Waals surface area (Å²) in [7, 11) is 0. The number of ether oxygens (including phenoxy) is 1. The van der Waals surface area contributed by atoms with Crippen LogP contribution in [-0.2, 0) is 16.1 Å². The van der Waals surface area contributed by atoms with Crippen molar-refractivity contribution in [2.75, 3.05) is 0 Å². The number of carbonyl (C=O) groups is 1. The van der Waals surface area contributed by atoms with Gasteiger partial charge in [-0.3, -0.25) is 0 Å². The molecule has 2 nitrogen and oxygen atoms in total. The number of hydrogen-bond acceptors (Lipinski definition) is 3. The van der Waals surface area contributed by atoms with Crippen LogP contribution in [0.4, 0.5) is 4.39 Å². The summed E-state index contributed by atoms with van der Waals surface area (Å²) in [4.78, 5) is 13.5. The maximum atomic E-state index is 13.1. The molecule has 0 saturated carbocycles. The summed E-state index contributed by atoms with van der Waals surface area (Å²) in [6, 6.07) is 17.6. The summed E-state index contributed by atoms with van der Waals surface area (Å²) in [6.07, 6.45) is 1.73. The molecule has 4 heteroatoms. The number of rotatable bonds is 5. The first-order chi connectivity index (χ1) is 12.1. The monoisotopic (exact) mass is 352 g/mol. The van der Waals surface area contributed by atoms with E-state index in [1.165, 1.54) is 23.5 Å². The van der Waals surface area contributed by atoms with Crippen molar-refractivity contribution >= 4 is 29.0 Å². The van der Waals surface area contributed by atoms with Gasteiger partial charge in [0.15, 0.2) is 0 Å². The molecule has 0 amide bonds. The van der Waals surface area contributed by atoms with E-state index >= 15 is 0 Å². The van der Waals surface area contributed by atoms with Crippen LogP contribution < -0.4 is 0 Å². The van der Waals surface area contributed by atoms with E-state index in [1.54, 1.807) is 18.2 Å². The first-order valence-corrected chi connectivity index (χ1v) is 8.74. The quantitative estimate of drug-likeness (QED) is 0.449. The normalized spacial score (nSPS) is 11.4. The standard InChI is InChI=1S/C21H17FO2S/c1-15-5-2-3-6-17(15)14-24-21(23)19(20-7-4-12-25-20)13-16-8-10-18(22)11-9-16/h2-13H,14H2,1H3. The minimum Gasteiger partial charge on any atom is -0.457 e. The average Bonchev–Trinajstić information content (AvgIpc) is 3.14. The molecule has 126 valence electrons. The van der Waals surface area contributed by atoms with Crippen LogP contribution in [0.15, 0.2) is 66.0 Å². The lowest BCUT2D eigenvalue weighted by Gasteiger charge is -2.09. The van der Waals surface area contributed by atoms with Crippen molar-refractivity contribution < 1.29 is 13.9 Å². The Bertz CT molecular complexity index is 881. The summed E-state index contributed by atoms with van der Waals surface area (Å²) in [6.45, 7) is 2.20. The maximum absolute atomic E-state index is 13.1. The highest BCUT2D eigenvalue weighted by Gasteiger charge is 2.15. The van der Waals surface area contributed by atoms with Crippen molar-refractivity contribution in [3.63, 3.8) is 0 Å². The van der Waals surface area contributed by atoms with Gasteiger partial charge < -0.3 is 4.74 Å². The summed E-state index contributed by atoms with van der Waals surface area (Å²) < 4.78 is 18.6. The molecule has 0 aliphatic rings. The Morgan fingerprint density at radius 1 is 1.08 bits per heavy atom. The Hall–Kier alpha value is -2.72. The predicted molar refractivity (Wildman–Crippen MR) is 99.6 cm³/mol. The fourth-order valence-corrected chi connectivity index (χ4v) is 3.11. The van der Waals surface area contributed by atoms with Gasteiger partial charge >= 0.3 is 5.97 Å². The summed E-state index contributed by atoms with van der Waals surface area (Å²) in [5, 5.41) is 1.91. The van der Waals surface area contributed by atoms with Crippen LogP contribution in [-0.4, -0.2) is 5.97 Å². The molecule has 0 aliphatic carbocycles. The van der Waals surface area contributed by atoms with Crippen molar-refractivity contribution in [1.29, 1.82) is 0 Å². The SMILES string of the molecule is Cc1ccccc1COC(=O)C(=Cc1ccc(F)cc1)c1cccs1. The number of carbonyl (C=O) groups excluding carboxylic acids is 1. The second kappa shape index (κ2) is 7.90. The highest BCUT2D eigenvalue weighted by molar-refractivity contribution is 7.11. The van der Waals surface area contributed by atoms with Gasteiger partial charge in [-0.2, -0.15) is 0 Å². The van der Waals surface area contributed by atoms with Crippen LogP contribution in [0.2, 0.25) is 0 Å². The van der Waals surface area contributed by atoms with Gasteiger partial charge in [0.25, 0.3) is 0 Å². The molecule has 25 heavy (non-hydrogen) atoms. The molecule has 1 aromatic heterocycles. The first kappa shape index (κ1) is 17.1. The molecular formula is C21H17FO2S. The molecule has 0 unspecified atom stereocenters. The van der Waals surface area contributed by atoms with Gasteiger partial charge in [-0.05, 0) is 53.3 Å². The van der Waals surface area contributed by atoms with Crippen LogP contribution in [0.3, 0.4) is 0 Å². The molecule has 0 bridgehead atoms. The zero-order valence-corrected chi connectivity index (χ0v) is 14.6. The first-order valence-electron chi connectivity index (χ1n) is 7.86. The van der Waals surface area contributed by atoms with E-state index in [0.29, 0.717) is 5.57 Å². The number of esters is 1. The van der Waals surface area contributed by atoms with E-state index in [4.69, 9.17) is 4.74 Å². The molecular weight excluding hydrogens is 335 g/mol. The highest BCUT2D eigenvalue weighted by atomic mass is 32.1. The molecule has 2 aromatic carbocycles. The van der Waals surface area contributed by atoms with Crippen LogP contribution in [0.5, 0.6) is 0 Å². The maximum Gasteiger partial charge on any atom is 0.339 e. The lowest BCUT2D eigenvalue weighted by Crippen LogP contribution is -2.07. The molecule has 0 spiro atoms. The molecule has 0 atom stereocenters. The van der Waals surface area contributed by atoms with Crippen LogP contribution in [0.25, 0.3) is 11.6 Å². The van der Waals surface area contributed by atoms with Crippen molar-refractivity contribution in [2.45, 2.75) is 13.5 Å². The van der Waals surface area contributed by atoms with Gasteiger partial charge in [-0.15, -0.1) is 11.3 Å². The summed E-state index contributed by atoms with van der Waals surface area (Å²) in [5.74, 6) is -0.702. The third-order valence-corrected chi connectivity index (χ3v) is 4.71. The molecule has 0 aliphatic heterocycles. The van der Waals surface area contributed by atoms with E-state index in [1.807, 2.05) is 48.7 Å². The lowest BCUT2D eigenvalue weighted by atomic mass is 10.1. The van der Waals surface area contributed by atoms with Gasteiger partial charge in [0, 0.05) is 4.88 Å². The van der Waals surface area contributed by atoms with Crippen LogP contribution in [0, 0.1) is 12.7 Å². The average molecular weight is 352 g/mol. The minimum atomic E-state index is -0.393. The summed E-state index contributed by atoms with van der Waals surface area (Å²) >= 11 is 1.46. The fraction of sp³-hybridized carbons (Fsp3) is 0.0952. The van der Waals surface area contributed by atoms with E-state index in [9.17, 15) is 9.18 Å². The lowest BCUT2D eigenvalue weighted by molar-refractivity contribution is -0.137. The smallest absolute Gasteiger partial charge is 0.339 e. The van der Waals surface area contributed by atoms with Gasteiger partial charge in [-0.1, -0.05) is 42.5 Å². The van der Waals surface area contributed by atoms with E-state index in [2.05, 4.69) is 0 Å². The zero-order valence-electron chi connectivity index (χ0n) is 13.7. The zero-order chi connectivity index (χ0) is 17.6. The molecule has 1 heterocycles. The third kappa shape index (κ3) is 4.43. The second-order valence-corrected chi connectivity index (χ2v) is 6.54. The Morgan fingerprint density at radius 2 is 1.84 bits per heavy atom. The molecule has 3 aromatic rings. The molecule has 0 radical (unpaired) electrons. The Kier molecular flexibility index (Phi) is 5.41. The Balaban J connectivity index is 1.83. The number of benzene rings is 2. The largest absolute Gasteiger partial charge is 0.457 e.